The molecule has 14 nitrogen and oxygen atoms in total. The third kappa shape index (κ3) is 7.45. The molecular weight excluding hydrogens is 584 g/mol. The van der Waals surface area contributed by atoms with E-state index in [2.05, 4.69) is 0 Å². The van der Waals surface area contributed by atoms with Gasteiger partial charge >= 0.3 is 23.9 Å². The molecule has 0 spiro atoms. The predicted molar refractivity (Wildman–Crippen MR) is 149 cm³/mol. The van der Waals surface area contributed by atoms with Gasteiger partial charge in [-0.05, 0) is 24.3 Å². The Hall–Kier alpha value is -5.11. The molecule has 1 aromatic heterocycles. The maximum atomic E-state index is 12.9. The molecular formula is C30H30O14. The number of hydrogen-bond acceptors (Lipinski definition) is 14. The van der Waals surface area contributed by atoms with Crippen molar-refractivity contribution in [2.75, 3.05) is 13.7 Å². The first-order valence-corrected chi connectivity index (χ1v) is 13.3. The summed E-state index contributed by atoms with van der Waals surface area (Å²) in [4.78, 5) is 60.6. The van der Waals surface area contributed by atoms with Gasteiger partial charge in [-0.3, -0.25) is 24.0 Å². The van der Waals surface area contributed by atoms with Crippen molar-refractivity contribution in [3.63, 3.8) is 0 Å². The number of hydrogen-bond donors (Lipinski definition) is 1. The number of fused-ring (bicyclic) bond motifs is 1. The maximum absolute atomic E-state index is 12.9. The van der Waals surface area contributed by atoms with Crippen molar-refractivity contribution in [1.29, 1.82) is 0 Å². The molecule has 1 aliphatic rings. The fourth-order valence-electron chi connectivity index (χ4n) is 4.63. The van der Waals surface area contributed by atoms with Gasteiger partial charge in [0.05, 0.1) is 7.11 Å². The first-order valence-electron chi connectivity index (χ1n) is 13.3. The van der Waals surface area contributed by atoms with Gasteiger partial charge in [0.1, 0.15) is 46.7 Å². The van der Waals surface area contributed by atoms with E-state index in [1.165, 1.54) is 19.2 Å². The zero-order valence-corrected chi connectivity index (χ0v) is 24.4. The standard InChI is InChI=1S/C30H30O14/c1-14(31)38-13-25-27(39-15(2)32)28(40-16(3)33)29(41-17(4)34)30(44-25)42-20-10-21(35)26-22(36)12-23(43-24(26)11-20)18-6-8-19(37-5)9-7-18/h6-12,25,27-30,35H,13H2,1-5H3/t25-,27-,28+,29-,30-/m1/s1. The van der Waals surface area contributed by atoms with Crippen molar-refractivity contribution in [2.45, 2.75) is 58.4 Å². The van der Waals surface area contributed by atoms with Crippen molar-refractivity contribution in [1.82, 2.24) is 0 Å². The summed E-state index contributed by atoms with van der Waals surface area (Å²) in [5.74, 6) is -2.91. The monoisotopic (exact) mass is 614 g/mol. The highest BCUT2D eigenvalue weighted by atomic mass is 16.7. The van der Waals surface area contributed by atoms with Gasteiger partial charge in [-0.2, -0.15) is 0 Å². The molecule has 2 heterocycles. The molecule has 0 amide bonds. The summed E-state index contributed by atoms with van der Waals surface area (Å²) < 4.78 is 44.2. The lowest BCUT2D eigenvalue weighted by Gasteiger charge is -2.43. The van der Waals surface area contributed by atoms with Crippen LogP contribution in [-0.4, -0.2) is 73.4 Å². The Morgan fingerprint density at radius 1 is 0.795 bits per heavy atom. The van der Waals surface area contributed by atoms with Crippen LogP contribution in [-0.2, 0) is 42.9 Å². The minimum absolute atomic E-state index is 0.0519. The Morgan fingerprint density at radius 3 is 2.00 bits per heavy atom. The Kier molecular flexibility index (Phi) is 9.73. The fraction of sp³-hybridized carbons (Fsp3) is 0.367. The van der Waals surface area contributed by atoms with Gasteiger partial charge in [-0.25, -0.2) is 0 Å². The Bertz CT molecular complexity index is 1610. The smallest absolute Gasteiger partial charge is 0.303 e. The lowest BCUT2D eigenvalue weighted by atomic mass is 9.98. The largest absolute Gasteiger partial charge is 0.507 e. The molecule has 0 saturated carbocycles. The molecule has 1 fully saturated rings. The highest BCUT2D eigenvalue weighted by molar-refractivity contribution is 5.86. The van der Waals surface area contributed by atoms with E-state index in [1.54, 1.807) is 24.3 Å². The van der Waals surface area contributed by atoms with E-state index in [0.29, 0.717) is 11.3 Å². The lowest BCUT2D eigenvalue weighted by Crippen LogP contribution is -2.63. The second kappa shape index (κ2) is 13.5. The van der Waals surface area contributed by atoms with Crippen LogP contribution in [0.25, 0.3) is 22.3 Å². The molecule has 0 bridgehead atoms. The van der Waals surface area contributed by atoms with E-state index in [4.69, 9.17) is 37.6 Å². The predicted octanol–water partition coefficient (Wildman–Crippen LogP) is 2.64. The number of aromatic hydroxyl groups is 1. The van der Waals surface area contributed by atoms with Crippen molar-refractivity contribution >= 4 is 34.8 Å². The van der Waals surface area contributed by atoms with Gasteiger partial charge in [-0.1, -0.05) is 0 Å². The number of ether oxygens (including phenoxy) is 7. The summed E-state index contributed by atoms with van der Waals surface area (Å²) in [6.07, 6.45) is -7.17. The molecule has 0 unspecified atom stereocenters. The number of phenolic OH excluding ortho intramolecular Hbond substituents is 1. The molecule has 44 heavy (non-hydrogen) atoms. The maximum Gasteiger partial charge on any atom is 0.303 e. The van der Waals surface area contributed by atoms with E-state index in [-0.39, 0.29) is 22.5 Å². The van der Waals surface area contributed by atoms with Crippen LogP contribution >= 0.6 is 0 Å². The van der Waals surface area contributed by atoms with Crippen molar-refractivity contribution in [2.24, 2.45) is 0 Å². The number of carbonyl (C=O) groups is 4. The molecule has 234 valence electrons. The molecule has 1 N–H and O–H groups in total. The van der Waals surface area contributed by atoms with Crippen LogP contribution in [0.5, 0.6) is 17.2 Å². The quantitative estimate of drug-likeness (QED) is 0.274. The molecule has 5 atom stereocenters. The average Bonchev–Trinajstić information content (AvgIpc) is 2.94. The van der Waals surface area contributed by atoms with Gasteiger partial charge in [0, 0.05) is 51.5 Å². The van der Waals surface area contributed by atoms with Gasteiger partial charge in [-0.15, -0.1) is 0 Å². The fourth-order valence-corrected chi connectivity index (χ4v) is 4.63. The number of carbonyl (C=O) groups excluding carboxylic acids is 4. The zero-order valence-electron chi connectivity index (χ0n) is 24.4. The van der Waals surface area contributed by atoms with Gasteiger partial charge < -0.3 is 42.7 Å². The number of benzene rings is 2. The SMILES string of the molecule is COc1ccc(-c2cc(=O)c3c(O)cc(O[C@@H]4O[C@H](COC(C)=O)[C@@H](OC(C)=O)[C@H](OC(C)=O)[C@H]4OC(C)=O)cc3o2)cc1. The summed E-state index contributed by atoms with van der Waals surface area (Å²) in [5, 5.41) is 10.6. The van der Waals surface area contributed by atoms with E-state index in [0.717, 1.165) is 33.8 Å². The van der Waals surface area contributed by atoms with Gasteiger partial charge in [0.2, 0.25) is 12.4 Å². The third-order valence-corrected chi connectivity index (χ3v) is 6.36. The molecule has 0 aliphatic carbocycles. The van der Waals surface area contributed by atoms with Crippen molar-refractivity contribution < 1.29 is 61.9 Å². The molecule has 1 saturated heterocycles. The lowest BCUT2D eigenvalue weighted by molar-refractivity contribution is -0.288. The van der Waals surface area contributed by atoms with Crippen LogP contribution in [0.15, 0.2) is 51.7 Å². The number of rotatable bonds is 9. The summed E-state index contributed by atoms with van der Waals surface area (Å²) in [7, 11) is 1.51. The summed E-state index contributed by atoms with van der Waals surface area (Å²) in [6, 6.07) is 10.4. The number of methoxy groups -OCH3 is 1. The van der Waals surface area contributed by atoms with E-state index in [1.807, 2.05) is 0 Å². The molecule has 14 heteroatoms. The minimum Gasteiger partial charge on any atom is -0.507 e. The number of esters is 4. The van der Waals surface area contributed by atoms with E-state index in [9.17, 15) is 29.1 Å². The average molecular weight is 615 g/mol. The highest BCUT2D eigenvalue weighted by Crippen LogP contribution is 2.35. The Labute approximate surface area is 250 Å². The molecule has 3 aromatic rings. The minimum atomic E-state index is -1.57. The van der Waals surface area contributed by atoms with Crippen LogP contribution < -0.4 is 14.9 Å². The first kappa shape index (κ1) is 31.8. The molecule has 0 radical (unpaired) electrons. The third-order valence-electron chi connectivity index (χ3n) is 6.36. The molecule has 1 aliphatic heterocycles. The first-order chi connectivity index (χ1) is 20.9. The van der Waals surface area contributed by atoms with Gasteiger partial charge in [0.15, 0.2) is 17.6 Å². The second-order valence-electron chi connectivity index (χ2n) is 9.70. The van der Waals surface area contributed by atoms with Crippen LogP contribution in [0.1, 0.15) is 27.7 Å². The molecule has 4 rings (SSSR count). The van der Waals surface area contributed by atoms with Crippen molar-refractivity contribution in [3.05, 3.63) is 52.7 Å². The van der Waals surface area contributed by atoms with Crippen LogP contribution in [0.2, 0.25) is 0 Å². The van der Waals surface area contributed by atoms with Crippen LogP contribution in [0.3, 0.4) is 0 Å². The Balaban J connectivity index is 1.76. The van der Waals surface area contributed by atoms with Crippen LogP contribution in [0, 0.1) is 0 Å². The highest BCUT2D eigenvalue weighted by Gasteiger charge is 2.53. The normalized spacial score (nSPS) is 21.2. The Morgan fingerprint density at radius 2 is 1.41 bits per heavy atom. The summed E-state index contributed by atoms with van der Waals surface area (Å²) in [6.45, 7) is 3.97. The topological polar surface area (TPSA) is 183 Å². The van der Waals surface area contributed by atoms with Crippen LogP contribution in [0.4, 0.5) is 0 Å². The molecule has 2 aromatic carbocycles. The summed E-state index contributed by atoms with van der Waals surface area (Å²) >= 11 is 0. The summed E-state index contributed by atoms with van der Waals surface area (Å²) in [5.41, 5.74) is -0.0347. The van der Waals surface area contributed by atoms with Gasteiger partial charge in [0.25, 0.3) is 0 Å². The zero-order chi connectivity index (χ0) is 32.1. The van der Waals surface area contributed by atoms with E-state index < -0.39 is 72.4 Å². The van der Waals surface area contributed by atoms with Crippen molar-refractivity contribution in [3.8, 4) is 28.6 Å². The second-order valence-corrected chi connectivity index (χ2v) is 9.70. The van der Waals surface area contributed by atoms with E-state index >= 15 is 0 Å². The number of phenols is 1.